The molecule has 2 unspecified atom stereocenters. The molecule has 0 aliphatic rings. The number of carbonyl (C=O) groups excluding carboxylic acids is 1. The lowest BCUT2D eigenvalue weighted by atomic mass is 10.0. The quantitative estimate of drug-likeness (QED) is 0.0330. The highest BCUT2D eigenvalue weighted by Gasteiger charge is 2.18. The van der Waals surface area contributed by atoms with Crippen molar-refractivity contribution in [2.75, 3.05) is 26.2 Å². The summed E-state index contributed by atoms with van der Waals surface area (Å²) in [7, 11) is 0. The number of esters is 1. The Bertz CT molecular complexity index is 653. The van der Waals surface area contributed by atoms with Gasteiger partial charge in [-0.25, -0.2) is 0 Å². The average Bonchev–Trinajstić information content (AvgIpc) is 3.09. The summed E-state index contributed by atoms with van der Waals surface area (Å²) in [6.07, 6.45) is 35.4. The van der Waals surface area contributed by atoms with Crippen molar-refractivity contribution in [1.82, 2.24) is 4.90 Å². The smallest absolute Gasteiger partial charge is 0.306 e. The van der Waals surface area contributed by atoms with Crippen molar-refractivity contribution in [2.24, 2.45) is 0 Å². The molecular weight excluding hydrogens is 631 g/mol. The highest BCUT2D eigenvalue weighted by Crippen LogP contribution is 2.21. The van der Waals surface area contributed by atoms with Crippen LogP contribution >= 0.6 is 12.0 Å². The average molecular weight is 716 g/mol. The van der Waals surface area contributed by atoms with Gasteiger partial charge in [0.25, 0.3) is 0 Å². The van der Waals surface area contributed by atoms with Crippen LogP contribution < -0.4 is 0 Å². The van der Waals surface area contributed by atoms with Crippen molar-refractivity contribution in [3.8, 4) is 0 Å². The number of rotatable bonds is 40. The molecule has 0 aliphatic heterocycles. The maximum Gasteiger partial charge on any atom is 0.306 e. The predicted octanol–water partition coefficient (Wildman–Crippen LogP) is 12.3. The van der Waals surface area contributed by atoms with E-state index in [0.29, 0.717) is 25.9 Å². The fourth-order valence-corrected chi connectivity index (χ4v) is 7.45. The van der Waals surface area contributed by atoms with Crippen molar-refractivity contribution < 1.29 is 24.3 Å². The topological polar surface area (TPSA) is 90.2 Å². The number of nitrogens with zero attached hydrogens (tertiary/aromatic N) is 1. The van der Waals surface area contributed by atoms with Gasteiger partial charge in [0, 0.05) is 37.9 Å². The first-order chi connectivity index (χ1) is 24.0. The van der Waals surface area contributed by atoms with Crippen LogP contribution in [0.2, 0.25) is 0 Å². The Labute approximate surface area is 309 Å². The van der Waals surface area contributed by atoms with Crippen LogP contribution in [0.3, 0.4) is 0 Å². The Balaban J connectivity index is 4.39. The Morgan fingerprint density at radius 1 is 0.571 bits per heavy atom. The largest absolute Gasteiger partial charge is 0.462 e. The molecule has 0 aromatic rings. The minimum absolute atomic E-state index is 0.0402. The van der Waals surface area contributed by atoms with Gasteiger partial charge in [-0.3, -0.25) is 9.69 Å². The Morgan fingerprint density at radius 3 is 1.47 bits per heavy atom. The summed E-state index contributed by atoms with van der Waals surface area (Å²) in [6.45, 7) is 8.93. The van der Waals surface area contributed by atoms with Crippen LogP contribution in [0.5, 0.6) is 0 Å². The third-order valence-corrected chi connectivity index (χ3v) is 10.8. The first-order valence-corrected chi connectivity index (χ1v) is 22.3. The second-order valence-electron chi connectivity index (χ2n) is 15.0. The van der Waals surface area contributed by atoms with Crippen LogP contribution in [0, 0.1) is 0 Å². The van der Waals surface area contributed by atoms with Gasteiger partial charge in [-0.1, -0.05) is 162 Å². The van der Waals surface area contributed by atoms with Crippen molar-refractivity contribution in [1.29, 1.82) is 0 Å². The van der Waals surface area contributed by atoms with Crippen molar-refractivity contribution >= 4 is 18.0 Å². The minimum atomic E-state index is -0.367. The molecule has 7 heteroatoms. The second-order valence-corrected chi connectivity index (χ2v) is 15.9. The minimum Gasteiger partial charge on any atom is -0.462 e. The molecular formula is C42H85NO5S. The van der Waals surface area contributed by atoms with Gasteiger partial charge in [0.05, 0.1) is 6.10 Å². The van der Waals surface area contributed by atoms with Gasteiger partial charge in [0.15, 0.2) is 0 Å². The highest BCUT2D eigenvalue weighted by atomic mass is 32.2. The molecule has 49 heavy (non-hydrogen) atoms. The highest BCUT2D eigenvalue weighted by molar-refractivity contribution is 7.94. The summed E-state index contributed by atoms with van der Waals surface area (Å²) in [4.78, 5) is 15.0. The van der Waals surface area contributed by atoms with E-state index in [2.05, 4.69) is 25.7 Å². The first kappa shape index (κ1) is 48.7. The molecule has 0 radical (unpaired) electrons. The number of hydrogen-bond acceptors (Lipinski definition) is 7. The molecule has 0 heterocycles. The van der Waals surface area contributed by atoms with E-state index in [4.69, 9.17) is 4.74 Å². The van der Waals surface area contributed by atoms with Gasteiger partial charge >= 0.3 is 5.97 Å². The number of carbonyl (C=O) groups is 1. The van der Waals surface area contributed by atoms with Crippen LogP contribution in [0.15, 0.2) is 0 Å². The molecule has 0 saturated carbocycles. The summed E-state index contributed by atoms with van der Waals surface area (Å²) < 4.78 is 16.1. The van der Waals surface area contributed by atoms with Crippen LogP contribution in [0.4, 0.5) is 0 Å². The van der Waals surface area contributed by atoms with Crippen molar-refractivity contribution in [3.05, 3.63) is 0 Å². The van der Waals surface area contributed by atoms with Gasteiger partial charge in [-0.05, 0) is 63.4 Å². The number of aliphatic hydroxyl groups excluding tert-OH is 2. The van der Waals surface area contributed by atoms with Gasteiger partial charge in [-0.15, -0.1) is 0 Å². The zero-order valence-electron chi connectivity index (χ0n) is 33.0. The van der Waals surface area contributed by atoms with E-state index in [0.717, 1.165) is 82.8 Å². The van der Waals surface area contributed by atoms with Crippen molar-refractivity contribution in [2.45, 2.75) is 237 Å². The van der Waals surface area contributed by atoms with Gasteiger partial charge in [-0.2, -0.15) is 0 Å². The zero-order valence-corrected chi connectivity index (χ0v) is 33.8. The molecule has 0 aromatic heterocycles. The number of unbranched alkanes of at least 4 members (excludes halogenated alkanes) is 21. The first-order valence-electron chi connectivity index (χ1n) is 21.5. The summed E-state index contributed by atoms with van der Waals surface area (Å²) in [5, 5.41) is 20.2. The van der Waals surface area contributed by atoms with Crippen LogP contribution in [-0.4, -0.2) is 69.3 Å². The van der Waals surface area contributed by atoms with Crippen LogP contribution in [0.25, 0.3) is 0 Å². The summed E-state index contributed by atoms with van der Waals surface area (Å²) in [5.74, 6) is -0.0402. The molecule has 0 aromatic carbocycles. The number of aliphatic hydroxyl groups is 2. The molecule has 0 bridgehead atoms. The van der Waals surface area contributed by atoms with Gasteiger partial charge in [0.2, 0.25) is 0 Å². The van der Waals surface area contributed by atoms with E-state index < -0.39 is 0 Å². The van der Waals surface area contributed by atoms with Crippen molar-refractivity contribution in [3.63, 3.8) is 0 Å². The molecule has 2 atom stereocenters. The molecule has 6 nitrogen and oxygen atoms in total. The summed E-state index contributed by atoms with van der Waals surface area (Å²) in [6, 6.07) is 0. The lowest BCUT2D eigenvalue weighted by Gasteiger charge is -2.28. The third kappa shape index (κ3) is 34.5. The molecule has 0 fully saturated rings. The standard InChI is InChI=1S/C42H85NO5S/c1-4-7-10-13-16-17-18-19-20-24-30-39(45)37-43(35-29-36-44)38-41(49-47)33-27-23-28-34-42(46)48-40(31-25-21-14-11-8-5-2)32-26-22-15-12-9-6-3/h39-41,44-45,47H,4-38H2,1-3H3. The SMILES string of the molecule is CCCCCCCCCCCCC(O)CN(CCCO)CC(CCCCCC(=O)OC(CCCCCCCC)CCCCCCCC)SO. The Morgan fingerprint density at radius 2 is 1.00 bits per heavy atom. The maximum atomic E-state index is 12.8. The molecule has 0 rings (SSSR count). The van der Waals surface area contributed by atoms with E-state index in [1.54, 1.807) is 0 Å². The Hall–Kier alpha value is -0.340. The maximum absolute atomic E-state index is 12.8. The fourth-order valence-electron chi connectivity index (χ4n) is 6.90. The van der Waals surface area contributed by atoms with E-state index in [1.165, 1.54) is 122 Å². The molecule has 0 saturated heterocycles. The van der Waals surface area contributed by atoms with Gasteiger partial charge in [0.1, 0.15) is 6.10 Å². The second kappa shape index (κ2) is 38.9. The van der Waals surface area contributed by atoms with Crippen LogP contribution in [0.1, 0.15) is 220 Å². The lowest BCUT2D eigenvalue weighted by molar-refractivity contribution is -0.150. The predicted molar refractivity (Wildman–Crippen MR) is 214 cm³/mol. The molecule has 0 spiro atoms. The van der Waals surface area contributed by atoms with Gasteiger partial charge < -0.3 is 19.5 Å². The monoisotopic (exact) mass is 716 g/mol. The molecule has 294 valence electrons. The number of ether oxygens (including phenoxy) is 1. The molecule has 0 amide bonds. The normalized spacial score (nSPS) is 13.1. The van der Waals surface area contributed by atoms with E-state index >= 15 is 0 Å². The summed E-state index contributed by atoms with van der Waals surface area (Å²) in [5.41, 5.74) is 0. The van der Waals surface area contributed by atoms with E-state index in [9.17, 15) is 19.6 Å². The fraction of sp³-hybridized carbons (Fsp3) is 0.976. The van der Waals surface area contributed by atoms with E-state index in [-0.39, 0.29) is 30.0 Å². The zero-order chi connectivity index (χ0) is 36.0. The Kier molecular flexibility index (Phi) is 38.6. The third-order valence-electron chi connectivity index (χ3n) is 10.1. The van der Waals surface area contributed by atoms with E-state index in [1.807, 2.05) is 0 Å². The molecule has 0 aliphatic carbocycles. The van der Waals surface area contributed by atoms with Crippen LogP contribution in [-0.2, 0) is 9.53 Å². The summed E-state index contributed by atoms with van der Waals surface area (Å²) >= 11 is 0.916. The number of hydrogen-bond donors (Lipinski definition) is 3. The molecule has 3 N–H and O–H groups in total. The lowest BCUT2D eigenvalue weighted by Crippen LogP contribution is -2.38.